The molecule has 3 rings (SSSR count). The summed E-state index contributed by atoms with van der Waals surface area (Å²) in [5.41, 5.74) is 2.02. The average molecular weight is 307 g/mol. The van der Waals surface area contributed by atoms with E-state index in [0.717, 1.165) is 30.5 Å². The zero-order valence-electron chi connectivity index (χ0n) is 12.9. The van der Waals surface area contributed by atoms with Gasteiger partial charge in [-0.05, 0) is 26.7 Å². The van der Waals surface area contributed by atoms with E-state index >= 15 is 0 Å². The Morgan fingerprint density at radius 1 is 1.27 bits per heavy atom. The second kappa shape index (κ2) is 5.98. The second-order valence-corrected chi connectivity index (χ2v) is 5.59. The van der Waals surface area contributed by atoms with Crippen molar-refractivity contribution >= 4 is 12.1 Å². The fraction of sp³-hybridized carbons (Fsp3) is 0.667. The van der Waals surface area contributed by atoms with Crippen LogP contribution in [0.25, 0.3) is 0 Å². The van der Waals surface area contributed by atoms with Crippen molar-refractivity contribution in [1.82, 2.24) is 14.7 Å². The third kappa shape index (κ3) is 2.55. The summed E-state index contributed by atoms with van der Waals surface area (Å²) in [6.45, 7) is 4.44. The lowest BCUT2D eigenvalue weighted by molar-refractivity contribution is -0.144. The Labute approximate surface area is 129 Å². The number of hydrogen-bond donors (Lipinski definition) is 0. The van der Waals surface area contributed by atoms with E-state index in [1.807, 2.05) is 18.0 Å². The largest absolute Gasteiger partial charge is 0.465 e. The summed E-state index contributed by atoms with van der Waals surface area (Å²) in [5.74, 6) is -0.297. The van der Waals surface area contributed by atoms with Gasteiger partial charge in [-0.1, -0.05) is 0 Å². The summed E-state index contributed by atoms with van der Waals surface area (Å²) in [4.78, 5) is 25.6. The van der Waals surface area contributed by atoms with Crippen molar-refractivity contribution in [2.75, 3.05) is 13.2 Å². The van der Waals surface area contributed by atoms with E-state index in [9.17, 15) is 9.59 Å². The topological polar surface area (TPSA) is 73.7 Å². The molecule has 1 saturated heterocycles. The Morgan fingerprint density at radius 2 is 2.05 bits per heavy atom. The molecule has 1 aromatic heterocycles. The molecule has 7 heteroatoms. The monoisotopic (exact) mass is 307 g/mol. The van der Waals surface area contributed by atoms with Gasteiger partial charge in [0.25, 0.3) is 0 Å². The summed E-state index contributed by atoms with van der Waals surface area (Å²) in [6, 6.07) is 0.172. The van der Waals surface area contributed by atoms with E-state index in [0.29, 0.717) is 13.2 Å². The van der Waals surface area contributed by atoms with Gasteiger partial charge in [0.15, 0.2) is 0 Å². The number of hydrogen-bond acceptors (Lipinski definition) is 5. The van der Waals surface area contributed by atoms with Crippen LogP contribution >= 0.6 is 0 Å². The molecule has 7 nitrogen and oxygen atoms in total. The molecule has 0 spiro atoms. The highest BCUT2D eigenvalue weighted by atomic mass is 16.6. The summed E-state index contributed by atoms with van der Waals surface area (Å²) in [5, 5.41) is 4.49. The van der Waals surface area contributed by atoms with Crippen LogP contribution in [-0.4, -0.2) is 46.0 Å². The zero-order chi connectivity index (χ0) is 15.7. The SMILES string of the molecule is CCOC(=O)Cn1cc2c(n1)CC1CCC2N1C(=O)OCC. The van der Waals surface area contributed by atoms with Crippen molar-refractivity contribution in [3.8, 4) is 0 Å². The van der Waals surface area contributed by atoms with E-state index in [1.165, 1.54) is 0 Å². The quantitative estimate of drug-likeness (QED) is 0.791. The van der Waals surface area contributed by atoms with Crippen molar-refractivity contribution in [1.29, 1.82) is 0 Å². The number of nitrogens with zero attached hydrogens (tertiary/aromatic N) is 3. The molecule has 0 aromatic carbocycles. The van der Waals surface area contributed by atoms with E-state index < -0.39 is 0 Å². The highest BCUT2D eigenvalue weighted by Gasteiger charge is 2.44. The number of rotatable bonds is 4. The van der Waals surface area contributed by atoms with Crippen molar-refractivity contribution in [3.05, 3.63) is 17.5 Å². The second-order valence-electron chi connectivity index (χ2n) is 5.59. The maximum Gasteiger partial charge on any atom is 0.410 e. The van der Waals surface area contributed by atoms with Gasteiger partial charge >= 0.3 is 12.1 Å². The molecule has 2 unspecified atom stereocenters. The number of carbonyl (C=O) groups excluding carboxylic acids is 2. The minimum atomic E-state index is -0.297. The standard InChI is InChI=1S/C15H21N3O4/c1-3-21-14(19)9-17-8-11-12(16-17)7-10-5-6-13(11)18(10)15(20)22-4-2/h8,10,13H,3-7,9H2,1-2H3. The number of carbonyl (C=O) groups is 2. The first-order valence-corrected chi connectivity index (χ1v) is 7.81. The fourth-order valence-corrected chi connectivity index (χ4v) is 3.42. The van der Waals surface area contributed by atoms with Crippen LogP contribution in [0.5, 0.6) is 0 Å². The third-order valence-corrected chi connectivity index (χ3v) is 4.24. The Balaban J connectivity index is 1.79. The summed E-state index contributed by atoms with van der Waals surface area (Å²) >= 11 is 0. The molecule has 0 N–H and O–H groups in total. The Hall–Kier alpha value is -2.05. The molecule has 22 heavy (non-hydrogen) atoms. The number of ether oxygens (including phenoxy) is 2. The van der Waals surface area contributed by atoms with E-state index in [4.69, 9.17) is 9.47 Å². The highest BCUT2D eigenvalue weighted by molar-refractivity contribution is 5.70. The minimum Gasteiger partial charge on any atom is -0.465 e. The number of aromatic nitrogens is 2. The van der Waals surface area contributed by atoms with Gasteiger partial charge in [0, 0.05) is 24.2 Å². The van der Waals surface area contributed by atoms with Gasteiger partial charge in [-0.3, -0.25) is 14.4 Å². The first-order valence-electron chi connectivity index (χ1n) is 7.81. The van der Waals surface area contributed by atoms with Gasteiger partial charge in [0.2, 0.25) is 0 Å². The molecule has 1 fully saturated rings. The van der Waals surface area contributed by atoms with Crippen LogP contribution in [0.3, 0.4) is 0 Å². The highest BCUT2D eigenvalue weighted by Crippen LogP contribution is 2.43. The van der Waals surface area contributed by atoms with Crippen LogP contribution in [0, 0.1) is 0 Å². The molecule has 0 radical (unpaired) electrons. The maximum atomic E-state index is 12.1. The van der Waals surface area contributed by atoms with Gasteiger partial charge < -0.3 is 9.47 Å². The van der Waals surface area contributed by atoms with Crippen LogP contribution < -0.4 is 0 Å². The lowest BCUT2D eigenvalue weighted by atomic mass is 10.0. The number of amides is 1. The van der Waals surface area contributed by atoms with Crippen molar-refractivity contribution in [2.24, 2.45) is 0 Å². The van der Waals surface area contributed by atoms with Gasteiger partial charge in [0.05, 0.1) is 24.9 Å². The first kappa shape index (κ1) is 14.9. The normalized spacial score (nSPS) is 22.4. The predicted octanol–water partition coefficient (Wildman–Crippen LogP) is 1.66. The predicted molar refractivity (Wildman–Crippen MR) is 77.2 cm³/mol. The Morgan fingerprint density at radius 3 is 2.77 bits per heavy atom. The van der Waals surface area contributed by atoms with E-state index in [1.54, 1.807) is 11.6 Å². The maximum absolute atomic E-state index is 12.1. The van der Waals surface area contributed by atoms with Crippen LogP contribution in [0.15, 0.2) is 6.20 Å². The Kier molecular flexibility index (Phi) is 4.04. The molecule has 3 heterocycles. The molecular weight excluding hydrogens is 286 g/mol. The molecular formula is C15H21N3O4. The summed E-state index contributed by atoms with van der Waals surface area (Å²) in [7, 11) is 0. The molecule has 120 valence electrons. The molecule has 2 atom stereocenters. The average Bonchev–Trinajstić information content (AvgIpc) is 3.01. The van der Waals surface area contributed by atoms with Crippen molar-refractivity contribution < 1.29 is 19.1 Å². The number of esters is 1. The summed E-state index contributed by atoms with van der Waals surface area (Å²) < 4.78 is 11.7. The smallest absolute Gasteiger partial charge is 0.410 e. The zero-order valence-corrected chi connectivity index (χ0v) is 12.9. The van der Waals surface area contributed by atoms with Gasteiger partial charge in [-0.15, -0.1) is 0 Å². The molecule has 2 aliphatic rings. The van der Waals surface area contributed by atoms with Crippen LogP contribution in [0.4, 0.5) is 4.79 Å². The molecule has 1 aromatic rings. The molecule has 2 aliphatic heterocycles. The van der Waals surface area contributed by atoms with E-state index in [2.05, 4.69) is 5.10 Å². The lowest BCUT2D eigenvalue weighted by Crippen LogP contribution is -2.42. The van der Waals surface area contributed by atoms with Crippen LogP contribution in [0.2, 0.25) is 0 Å². The molecule has 2 bridgehead atoms. The van der Waals surface area contributed by atoms with Gasteiger partial charge in [-0.2, -0.15) is 5.10 Å². The molecule has 1 amide bonds. The molecule has 0 aliphatic carbocycles. The summed E-state index contributed by atoms with van der Waals surface area (Å²) in [6.07, 6.45) is 4.23. The lowest BCUT2D eigenvalue weighted by Gasteiger charge is -2.33. The van der Waals surface area contributed by atoms with Gasteiger partial charge in [0.1, 0.15) is 6.54 Å². The van der Waals surface area contributed by atoms with E-state index in [-0.39, 0.29) is 30.7 Å². The van der Waals surface area contributed by atoms with Crippen molar-refractivity contribution in [3.63, 3.8) is 0 Å². The fourth-order valence-electron chi connectivity index (χ4n) is 3.42. The van der Waals surface area contributed by atoms with Gasteiger partial charge in [-0.25, -0.2) is 4.79 Å². The van der Waals surface area contributed by atoms with Crippen molar-refractivity contribution in [2.45, 2.75) is 51.7 Å². The Bertz CT molecular complexity index is 583. The van der Waals surface area contributed by atoms with Crippen LogP contribution in [0.1, 0.15) is 44.0 Å². The first-order chi connectivity index (χ1) is 10.6. The third-order valence-electron chi connectivity index (χ3n) is 4.24. The number of fused-ring (bicyclic) bond motifs is 4. The van der Waals surface area contributed by atoms with Crippen LogP contribution in [-0.2, 0) is 27.2 Å². The molecule has 0 saturated carbocycles. The minimum absolute atomic E-state index is 0.0174.